The van der Waals surface area contributed by atoms with Gasteiger partial charge < -0.3 is 0 Å². The Bertz CT molecular complexity index is 385. The Hall–Kier alpha value is -1.71. The Labute approximate surface area is 76.0 Å². The maximum absolute atomic E-state index is 3.85. The average molecular weight is 174 g/mol. The minimum absolute atomic E-state index is 0.715. The van der Waals surface area contributed by atoms with Crippen LogP contribution in [0.4, 0.5) is 0 Å². The number of aromatic amines is 1. The zero-order valence-electron chi connectivity index (χ0n) is 7.57. The molecule has 0 amide bonds. The van der Waals surface area contributed by atoms with Crippen molar-refractivity contribution in [3.8, 4) is 11.4 Å². The van der Waals surface area contributed by atoms with Gasteiger partial charge in [-0.05, 0) is 36.4 Å². The number of benzene rings is 1. The summed E-state index contributed by atoms with van der Waals surface area (Å²) in [5.41, 5.74) is 3.46. The molecule has 1 heterocycles. The predicted molar refractivity (Wildman–Crippen MR) is 49.1 cm³/mol. The second-order valence-corrected chi connectivity index (χ2v) is 3.13. The molecule has 1 aromatic carbocycles. The molecule has 0 aliphatic carbocycles. The first-order valence-corrected chi connectivity index (χ1v) is 4.08. The summed E-state index contributed by atoms with van der Waals surface area (Å²) >= 11 is 0. The van der Waals surface area contributed by atoms with Gasteiger partial charge in [-0.2, -0.15) is 0 Å². The minimum Gasteiger partial charge on any atom is -0.239 e. The average Bonchev–Trinajstić information content (AvgIpc) is 2.53. The van der Waals surface area contributed by atoms with E-state index in [4.69, 9.17) is 0 Å². The summed E-state index contributed by atoms with van der Waals surface area (Å²) in [6.45, 7) is 4.11. The lowest BCUT2D eigenvalue weighted by Gasteiger charge is -1.99. The number of H-pyrrole nitrogens is 1. The molecule has 4 heteroatoms. The first kappa shape index (κ1) is 7.91. The van der Waals surface area contributed by atoms with Crippen LogP contribution < -0.4 is 0 Å². The lowest BCUT2D eigenvalue weighted by Crippen LogP contribution is -1.84. The molecular weight excluding hydrogens is 164 g/mol. The Balaban J connectivity index is 2.53. The summed E-state index contributed by atoms with van der Waals surface area (Å²) in [6, 6.07) is 6.22. The van der Waals surface area contributed by atoms with Crippen molar-refractivity contribution < 1.29 is 0 Å². The quantitative estimate of drug-likeness (QED) is 0.712. The topological polar surface area (TPSA) is 54.5 Å². The Morgan fingerprint density at radius 3 is 2.31 bits per heavy atom. The summed E-state index contributed by atoms with van der Waals surface area (Å²) < 4.78 is 0. The molecule has 2 aromatic rings. The van der Waals surface area contributed by atoms with Crippen LogP contribution in [0.15, 0.2) is 18.2 Å². The van der Waals surface area contributed by atoms with Gasteiger partial charge in [0.2, 0.25) is 0 Å². The van der Waals surface area contributed by atoms with Gasteiger partial charge in [0.1, 0.15) is 0 Å². The van der Waals surface area contributed by atoms with E-state index in [1.165, 1.54) is 11.1 Å². The number of aromatic nitrogens is 4. The zero-order chi connectivity index (χ0) is 9.26. The Morgan fingerprint density at radius 1 is 1.08 bits per heavy atom. The number of aryl methyl sites for hydroxylation is 2. The molecule has 0 spiro atoms. The number of hydrogen-bond acceptors (Lipinski definition) is 3. The number of nitrogens with zero attached hydrogens (tertiary/aromatic N) is 3. The van der Waals surface area contributed by atoms with Crippen molar-refractivity contribution in [2.24, 2.45) is 0 Å². The first-order valence-electron chi connectivity index (χ1n) is 4.08. The van der Waals surface area contributed by atoms with E-state index in [1.54, 1.807) is 0 Å². The van der Waals surface area contributed by atoms with E-state index in [9.17, 15) is 0 Å². The van der Waals surface area contributed by atoms with E-state index in [0.717, 1.165) is 5.56 Å². The fourth-order valence-corrected chi connectivity index (χ4v) is 1.39. The first-order chi connectivity index (χ1) is 6.25. The van der Waals surface area contributed by atoms with Crippen molar-refractivity contribution in [3.05, 3.63) is 29.3 Å². The van der Waals surface area contributed by atoms with E-state index in [2.05, 4.69) is 52.7 Å². The van der Waals surface area contributed by atoms with E-state index in [1.807, 2.05) is 0 Å². The molecule has 1 N–H and O–H groups in total. The van der Waals surface area contributed by atoms with Gasteiger partial charge in [-0.15, -0.1) is 5.10 Å². The lowest BCUT2D eigenvalue weighted by atomic mass is 10.1. The van der Waals surface area contributed by atoms with Crippen LogP contribution in [0.1, 0.15) is 11.1 Å². The van der Waals surface area contributed by atoms with Gasteiger partial charge in [-0.25, -0.2) is 5.10 Å². The molecule has 0 aliphatic rings. The van der Waals surface area contributed by atoms with Crippen molar-refractivity contribution in [3.63, 3.8) is 0 Å². The second kappa shape index (κ2) is 2.97. The smallest absolute Gasteiger partial charge is 0.179 e. The van der Waals surface area contributed by atoms with Crippen molar-refractivity contribution in [2.75, 3.05) is 0 Å². The summed E-state index contributed by atoms with van der Waals surface area (Å²) in [7, 11) is 0. The standard InChI is InChI=1S/C9H10N4/c1-6-3-7(2)5-8(4-6)9-10-12-13-11-9/h3-5H,1-2H3,(H,10,11,12,13). The van der Waals surface area contributed by atoms with Crippen molar-refractivity contribution >= 4 is 0 Å². The predicted octanol–water partition coefficient (Wildman–Crippen LogP) is 1.48. The SMILES string of the molecule is Cc1cc(C)cc(-c2nnn[nH]2)c1. The highest BCUT2D eigenvalue weighted by molar-refractivity contribution is 5.56. The van der Waals surface area contributed by atoms with Crippen LogP contribution in [0.3, 0.4) is 0 Å². The maximum atomic E-state index is 3.85. The molecule has 0 unspecified atom stereocenters. The summed E-state index contributed by atoms with van der Waals surface area (Å²) in [6.07, 6.45) is 0. The minimum atomic E-state index is 0.715. The summed E-state index contributed by atoms with van der Waals surface area (Å²) in [4.78, 5) is 0. The van der Waals surface area contributed by atoms with Crippen LogP contribution >= 0.6 is 0 Å². The molecule has 66 valence electrons. The molecule has 0 aliphatic heterocycles. The molecular formula is C9H10N4. The van der Waals surface area contributed by atoms with Crippen LogP contribution in [-0.4, -0.2) is 20.6 Å². The molecule has 1 aromatic heterocycles. The largest absolute Gasteiger partial charge is 0.239 e. The van der Waals surface area contributed by atoms with Gasteiger partial charge in [0.25, 0.3) is 0 Å². The van der Waals surface area contributed by atoms with Gasteiger partial charge in [0, 0.05) is 5.56 Å². The molecule has 4 nitrogen and oxygen atoms in total. The lowest BCUT2D eigenvalue weighted by molar-refractivity contribution is 0.881. The van der Waals surface area contributed by atoms with Gasteiger partial charge in [0.05, 0.1) is 0 Å². The molecule has 13 heavy (non-hydrogen) atoms. The fourth-order valence-electron chi connectivity index (χ4n) is 1.39. The molecule has 0 fully saturated rings. The van der Waals surface area contributed by atoms with E-state index < -0.39 is 0 Å². The number of tetrazole rings is 1. The van der Waals surface area contributed by atoms with E-state index in [-0.39, 0.29) is 0 Å². The number of rotatable bonds is 1. The molecule has 0 bridgehead atoms. The van der Waals surface area contributed by atoms with Crippen LogP contribution in [0.25, 0.3) is 11.4 Å². The van der Waals surface area contributed by atoms with Crippen LogP contribution in [0.2, 0.25) is 0 Å². The third kappa shape index (κ3) is 1.56. The monoisotopic (exact) mass is 174 g/mol. The number of nitrogens with one attached hydrogen (secondary N) is 1. The molecule has 0 atom stereocenters. The molecule has 0 radical (unpaired) electrons. The second-order valence-electron chi connectivity index (χ2n) is 3.13. The highest BCUT2D eigenvalue weighted by atomic mass is 15.5. The molecule has 0 saturated carbocycles. The zero-order valence-corrected chi connectivity index (χ0v) is 7.57. The van der Waals surface area contributed by atoms with Crippen molar-refractivity contribution in [1.29, 1.82) is 0 Å². The van der Waals surface area contributed by atoms with Gasteiger partial charge in [-0.3, -0.25) is 0 Å². The van der Waals surface area contributed by atoms with Gasteiger partial charge >= 0.3 is 0 Å². The van der Waals surface area contributed by atoms with Crippen LogP contribution in [0, 0.1) is 13.8 Å². The highest BCUT2D eigenvalue weighted by Gasteiger charge is 2.02. The van der Waals surface area contributed by atoms with Crippen LogP contribution in [-0.2, 0) is 0 Å². The summed E-state index contributed by atoms with van der Waals surface area (Å²) in [5.74, 6) is 0.715. The highest BCUT2D eigenvalue weighted by Crippen LogP contribution is 2.16. The van der Waals surface area contributed by atoms with Crippen molar-refractivity contribution in [2.45, 2.75) is 13.8 Å². The van der Waals surface area contributed by atoms with Gasteiger partial charge in [0.15, 0.2) is 5.82 Å². The van der Waals surface area contributed by atoms with Gasteiger partial charge in [-0.1, -0.05) is 17.2 Å². The third-order valence-electron chi connectivity index (χ3n) is 1.84. The Kier molecular flexibility index (Phi) is 1.81. The number of hydrogen-bond donors (Lipinski definition) is 1. The van der Waals surface area contributed by atoms with E-state index in [0.29, 0.717) is 5.82 Å². The fraction of sp³-hybridized carbons (Fsp3) is 0.222. The summed E-state index contributed by atoms with van der Waals surface area (Å²) in [5, 5.41) is 13.7. The normalized spacial score (nSPS) is 10.3. The molecule has 2 rings (SSSR count). The van der Waals surface area contributed by atoms with Crippen molar-refractivity contribution in [1.82, 2.24) is 20.6 Å². The van der Waals surface area contributed by atoms with Crippen LogP contribution in [0.5, 0.6) is 0 Å². The molecule has 0 saturated heterocycles. The Morgan fingerprint density at radius 2 is 1.77 bits per heavy atom. The maximum Gasteiger partial charge on any atom is 0.179 e. The third-order valence-corrected chi connectivity index (χ3v) is 1.84. The van der Waals surface area contributed by atoms with E-state index >= 15 is 0 Å².